The van der Waals surface area contributed by atoms with Gasteiger partial charge in [0.15, 0.2) is 0 Å². The monoisotopic (exact) mass is 373 g/mol. The lowest BCUT2D eigenvalue weighted by atomic mass is 10.0. The van der Waals surface area contributed by atoms with E-state index in [1.165, 1.54) is 10.5 Å². The van der Waals surface area contributed by atoms with Gasteiger partial charge < -0.3 is 14.5 Å². The number of hydrogen-bond acceptors (Lipinski definition) is 4. The number of imide groups is 1. The molecule has 0 aliphatic carbocycles. The summed E-state index contributed by atoms with van der Waals surface area (Å²) in [6.07, 6.45) is 2.87. The molecule has 3 rings (SSSR count). The van der Waals surface area contributed by atoms with Crippen LogP contribution in [0.15, 0.2) is 30.3 Å². The maximum absolute atomic E-state index is 12.7. The van der Waals surface area contributed by atoms with Crippen molar-refractivity contribution in [1.82, 2.24) is 15.1 Å². The van der Waals surface area contributed by atoms with Gasteiger partial charge in [-0.1, -0.05) is 30.3 Å². The average molecular weight is 373 g/mol. The zero-order valence-electron chi connectivity index (χ0n) is 15.9. The van der Waals surface area contributed by atoms with Crippen LogP contribution in [0.5, 0.6) is 0 Å². The first-order chi connectivity index (χ1) is 12.9. The van der Waals surface area contributed by atoms with Gasteiger partial charge in [-0.2, -0.15) is 0 Å². The number of urea groups is 1. The smallest absolute Gasteiger partial charge is 0.325 e. The van der Waals surface area contributed by atoms with Crippen LogP contribution in [0.3, 0.4) is 0 Å². The molecule has 2 saturated heterocycles. The van der Waals surface area contributed by atoms with Crippen LogP contribution in [0.1, 0.15) is 32.3 Å². The van der Waals surface area contributed by atoms with Gasteiger partial charge >= 0.3 is 6.03 Å². The minimum Gasteiger partial charge on any atom is -0.375 e. The third kappa shape index (κ3) is 4.47. The molecule has 0 radical (unpaired) electrons. The summed E-state index contributed by atoms with van der Waals surface area (Å²) in [5, 5.41) is 2.27. The number of benzene rings is 1. The molecule has 2 aliphatic heterocycles. The number of morpholine rings is 1. The van der Waals surface area contributed by atoms with Crippen molar-refractivity contribution in [2.24, 2.45) is 0 Å². The minimum atomic E-state index is -1.01. The van der Waals surface area contributed by atoms with Crippen LogP contribution in [0.25, 0.3) is 0 Å². The van der Waals surface area contributed by atoms with Crippen LogP contribution in [0.4, 0.5) is 4.79 Å². The molecule has 27 heavy (non-hydrogen) atoms. The van der Waals surface area contributed by atoms with E-state index in [0.717, 1.165) is 19.3 Å². The van der Waals surface area contributed by atoms with Gasteiger partial charge in [-0.3, -0.25) is 14.9 Å². The van der Waals surface area contributed by atoms with Gasteiger partial charge in [0.2, 0.25) is 5.91 Å². The van der Waals surface area contributed by atoms with E-state index in [-0.39, 0.29) is 24.5 Å². The molecule has 1 N–H and O–H groups in total. The van der Waals surface area contributed by atoms with Crippen LogP contribution >= 0.6 is 0 Å². The molecule has 0 unspecified atom stereocenters. The minimum absolute atomic E-state index is 0.00783. The van der Waals surface area contributed by atoms with Crippen LogP contribution in [-0.2, 0) is 20.7 Å². The van der Waals surface area contributed by atoms with Crippen LogP contribution < -0.4 is 5.32 Å². The summed E-state index contributed by atoms with van der Waals surface area (Å²) in [6, 6.07) is 9.79. The fourth-order valence-electron chi connectivity index (χ4n) is 3.50. The highest BCUT2D eigenvalue weighted by molar-refractivity contribution is 6.07. The molecular weight excluding hydrogens is 346 g/mol. The highest BCUT2D eigenvalue weighted by Gasteiger charge is 2.46. The van der Waals surface area contributed by atoms with E-state index in [1.54, 1.807) is 18.7 Å². The fourth-order valence-corrected chi connectivity index (χ4v) is 3.50. The van der Waals surface area contributed by atoms with E-state index < -0.39 is 11.6 Å². The maximum atomic E-state index is 12.7. The Morgan fingerprint density at radius 1 is 1.26 bits per heavy atom. The standard InChI is InChI=1S/C20H27N3O4/c1-20(2)18(25)21-19(26)23(20)14-17(24)22-11-12-27-16(13-22)10-6-9-15-7-4-3-5-8-15/h3-5,7-8,16H,6,9-14H2,1-2H3,(H,21,25,26)/t16-/m0/s1. The van der Waals surface area contributed by atoms with Crippen molar-refractivity contribution >= 4 is 17.8 Å². The second-order valence-corrected chi connectivity index (χ2v) is 7.61. The van der Waals surface area contributed by atoms with Gasteiger partial charge in [-0.25, -0.2) is 4.79 Å². The Kier molecular flexibility index (Phi) is 5.79. The number of amides is 4. The Morgan fingerprint density at radius 3 is 2.67 bits per heavy atom. The Balaban J connectivity index is 1.49. The molecule has 0 bridgehead atoms. The summed E-state index contributed by atoms with van der Waals surface area (Å²) in [7, 11) is 0. The number of carbonyl (C=O) groups is 3. The number of nitrogens with one attached hydrogen (secondary N) is 1. The third-order valence-electron chi connectivity index (χ3n) is 5.32. The zero-order chi connectivity index (χ0) is 19.4. The zero-order valence-corrected chi connectivity index (χ0v) is 15.9. The van der Waals surface area contributed by atoms with Crippen LogP contribution in [0, 0.1) is 0 Å². The summed E-state index contributed by atoms with van der Waals surface area (Å²) in [5.41, 5.74) is 0.293. The van der Waals surface area contributed by atoms with E-state index >= 15 is 0 Å². The Bertz CT molecular complexity index is 704. The molecule has 0 spiro atoms. The normalized spacial score (nSPS) is 22.1. The first kappa shape index (κ1) is 19.4. The number of carbonyl (C=O) groups excluding carboxylic acids is 3. The second-order valence-electron chi connectivity index (χ2n) is 7.61. The molecule has 1 aromatic rings. The van der Waals surface area contributed by atoms with E-state index in [4.69, 9.17) is 4.74 Å². The van der Waals surface area contributed by atoms with E-state index in [1.807, 2.05) is 18.2 Å². The van der Waals surface area contributed by atoms with Crippen molar-refractivity contribution in [3.63, 3.8) is 0 Å². The Hall–Kier alpha value is -2.41. The molecule has 7 nitrogen and oxygen atoms in total. The van der Waals surface area contributed by atoms with Gasteiger partial charge in [-0.05, 0) is 38.7 Å². The average Bonchev–Trinajstić information content (AvgIpc) is 2.84. The maximum Gasteiger partial charge on any atom is 0.325 e. The fraction of sp³-hybridized carbons (Fsp3) is 0.550. The summed E-state index contributed by atoms with van der Waals surface area (Å²) in [4.78, 5) is 39.5. The molecule has 0 saturated carbocycles. The summed E-state index contributed by atoms with van der Waals surface area (Å²) < 4.78 is 5.80. The van der Waals surface area contributed by atoms with Gasteiger partial charge in [0.25, 0.3) is 5.91 Å². The molecule has 2 fully saturated rings. The van der Waals surface area contributed by atoms with Crippen molar-refractivity contribution in [1.29, 1.82) is 0 Å². The number of nitrogens with zero attached hydrogens (tertiary/aromatic N) is 2. The van der Waals surface area contributed by atoms with Crippen LogP contribution in [-0.4, -0.2) is 65.5 Å². The Labute approximate surface area is 159 Å². The predicted molar refractivity (Wildman–Crippen MR) is 100 cm³/mol. The molecule has 1 atom stereocenters. The predicted octanol–water partition coefficient (Wildman–Crippen LogP) is 1.57. The topological polar surface area (TPSA) is 79.0 Å². The quantitative estimate of drug-likeness (QED) is 0.768. The van der Waals surface area contributed by atoms with Gasteiger partial charge in [-0.15, -0.1) is 0 Å². The summed E-state index contributed by atoms with van der Waals surface area (Å²) >= 11 is 0. The van der Waals surface area contributed by atoms with E-state index in [0.29, 0.717) is 19.7 Å². The number of aryl methyl sites for hydroxylation is 1. The highest BCUT2D eigenvalue weighted by Crippen LogP contribution is 2.21. The number of hydrogen-bond donors (Lipinski definition) is 1. The van der Waals surface area contributed by atoms with Gasteiger partial charge in [0.1, 0.15) is 12.1 Å². The molecule has 4 amide bonds. The van der Waals surface area contributed by atoms with Gasteiger partial charge in [0, 0.05) is 13.1 Å². The van der Waals surface area contributed by atoms with Crippen molar-refractivity contribution in [3.8, 4) is 0 Å². The van der Waals surface area contributed by atoms with Crippen molar-refractivity contribution in [2.45, 2.75) is 44.8 Å². The molecular formula is C20H27N3O4. The first-order valence-corrected chi connectivity index (χ1v) is 9.44. The first-order valence-electron chi connectivity index (χ1n) is 9.44. The van der Waals surface area contributed by atoms with Crippen molar-refractivity contribution < 1.29 is 19.1 Å². The molecule has 7 heteroatoms. The Morgan fingerprint density at radius 2 is 2.00 bits per heavy atom. The third-order valence-corrected chi connectivity index (χ3v) is 5.32. The lowest BCUT2D eigenvalue weighted by Gasteiger charge is -2.35. The summed E-state index contributed by atoms with van der Waals surface area (Å²) in [5.74, 6) is -0.523. The highest BCUT2D eigenvalue weighted by atomic mass is 16.5. The lowest BCUT2D eigenvalue weighted by molar-refractivity contribution is -0.140. The second kappa shape index (κ2) is 8.08. The number of ether oxygens (including phenoxy) is 1. The van der Waals surface area contributed by atoms with E-state index in [9.17, 15) is 14.4 Å². The molecule has 2 heterocycles. The largest absolute Gasteiger partial charge is 0.375 e. The molecule has 146 valence electrons. The molecule has 0 aromatic heterocycles. The molecule has 1 aromatic carbocycles. The summed E-state index contributed by atoms with van der Waals surface area (Å²) in [6.45, 7) is 4.73. The SMILES string of the molecule is CC1(C)C(=O)NC(=O)N1CC(=O)N1CCO[C@@H](CCCc2ccccc2)C1. The van der Waals surface area contributed by atoms with Crippen LogP contribution in [0.2, 0.25) is 0 Å². The van der Waals surface area contributed by atoms with Gasteiger partial charge in [0.05, 0.1) is 12.7 Å². The van der Waals surface area contributed by atoms with Crippen molar-refractivity contribution in [3.05, 3.63) is 35.9 Å². The van der Waals surface area contributed by atoms with E-state index in [2.05, 4.69) is 17.4 Å². The number of rotatable bonds is 6. The lowest BCUT2D eigenvalue weighted by Crippen LogP contribution is -2.53. The molecule has 2 aliphatic rings. The van der Waals surface area contributed by atoms with Crippen molar-refractivity contribution in [2.75, 3.05) is 26.2 Å².